The second kappa shape index (κ2) is 7.04. The van der Waals surface area contributed by atoms with Crippen LogP contribution in [0.3, 0.4) is 0 Å². The molecule has 2 unspecified atom stereocenters. The summed E-state index contributed by atoms with van der Waals surface area (Å²) < 4.78 is 10.4. The van der Waals surface area contributed by atoms with Gasteiger partial charge in [-0.3, -0.25) is 9.59 Å². The maximum absolute atomic E-state index is 12.0. The van der Waals surface area contributed by atoms with Gasteiger partial charge < -0.3 is 9.47 Å². The van der Waals surface area contributed by atoms with E-state index in [4.69, 9.17) is 9.47 Å². The predicted molar refractivity (Wildman–Crippen MR) is 72.8 cm³/mol. The molecule has 0 aromatic carbocycles. The third kappa shape index (κ3) is 4.60. The van der Waals surface area contributed by atoms with Gasteiger partial charge in [-0.05, 0) is 52.4 Å². The molecule has 1 rings (SSSR count). The van der Waals surface area contributed by atoms with E-state index >= 15 is 0 Å². The summed E-state index contributed by atoms with van der Waals surface area (Å²) in [7, 11) is 1.69. The first-order valence-corrected chi connectivity index (χ1v) is 7.15. The smallest absolute Gasteiger partial charge is 0.316 e. The van der Waals surface area contributed by atoms with Crippen LogP contribution >= 0.6 is 0 Å². The lowest BCUT2D eigenvalue weighted by molar-refractivity contribution is -0.155. The highest BCUT2D eigenvalue weighted by Crippen LogP contribution is 2.34. The number of carbonyl (C=O) groups excluding carboxylic acids is 2. The number of ketones is 1. The Balaban J connectivity index is 2.67. The van der Waals surface area contributed by atoms with Crippen molar-refractivity contribution in [1.82, 2.24) is 0 Å². The lowest BCUT2D eigenvalue weighted by Gasteiger charge is -2.31. The summed E-state index contributed by atoms with van der Waals surface area (Å²) in [5.41, 5.74) is -0.209. The zero-order valence-corrected chi connectivity index (χ0v) is 12.5. The van der Waals surface area contributed by atoms with Crippen LogP contribution in [-0.4, -0.2) is 31.1 Å². The average Bonchev–Trinajstić information content (AvgIpc) is 2.36. The largest absolute Gasteiger partial charge is 0.465 e. The molecular weight excluding hydrogens is 244 g/mol. The van der Waals surface area contributed by atoms with Crippen molar-refractivity contribution in [3.63, 3.8) is 0 Å². The summed E-state index contributed by atoms with van der Waals surface area (Å²) in [6.45, 7) is 6.15. The van der Waals surface area contributed by atoms with Crippen LogP contribution in [0.1, 0.15) is 52.9 Å². The van der Waals surface area contributed by atoms with Crippen molar-refractivity contribution in [3.05, 3.63) is 0 Å². The number of methoxy groups -OCH3 is 1. The number of carbonyl (C=O) groups is 2. The Morgan fingerprint density at radius 3 is 2.68 bits per heavy atom. The number of hydrogen-bond acceptors (Lipinski definition) is 4. The predicted octanol–water partition coefficient (Wildman–Crippen LogP) is 2.74. The molecule has 1 aliphatic rings. The average molecular weight is 270 g/mol. The van der Waals surface area contributed by atoms with Gasteiger partial charge in [0.1, 0.15) is 11.7 Å². The lowest BCUT2D eigenvalue weighted by atomic mass is 9.75. The third-order valence-electron chi connectivity index (χ3n) is 4.03. The minimum absolute atomic E-state index is 0.0462. The van der Waals surface area contributed by atoms with Crippen LogP contribution in [0.15, 0.2) is 0 Å². The molecule has 0 aromatic heterocycles. The molecule has 0 heterocycles. The quantitative estimate of drug-likeness (QED) is 0.550. The van der Waals surface area contributed by atoms with Crippen LogP contribution < -0.4 is 0 Å². The Hall–Kier alpha value is -0.900. The standard InChI is InChI=1S/C15H26O4/c1-5-19-14(17)13-11(7-6-8-12(13)16)9-10-15(2,3)18-4/h11,13H,5-10H2,1-4H3. The number of hydrogen-bond donors (Lipinski definition) is 0. The van der Waals surface area contributed by atoms with E-state index in [1.807, 2.05) is 13.8 Å². The molecule has 4 heteroatoms. The minimum atomic E-state index is -0.554. The van der Waals surface area contributed by atoms with Gasteiger partial charge in [0.15, 0.2) is 0 Å². The number of rotatable bonds is 6. The monoisotopic (exact) mass is 270 g/mol. The topological polar surface area (TPSA) is 52.6 Å². The van der Waals surface area contributed by atoms with Gasteiger partial charge in [0.05, 0.1) is 12.2 Å². The zero-order chi connectivity index (χ0) is 14.5. The van der Waals surface area contributed by atoms with E-state index < -0.39 is 5.92 Å². The first-order valence-electron chi connectivity index (χ1n) is 7.15. The SMILES string of the molecule is CCOC(=O)C1C(=O)CCCC1CCC(C)(C)OC. The summed E-state index contributed by atoms with van der Waals surface area (Å²) in [6.07, 6.45) is 3.99. The van der Waals surface area contributed by atoms with Crippen molar-refractivity contribution >= 4 is 11.8 Å². The molecule has 1 aliphatic carbocycles. The maximum atomic E-state index is 12.0. The molecule has 0 saturated heterocycles. The van der Waals surface area contributed by atoms with Gasteiger partial charge in [0.25, 0.3) is 0 Å². The molecule has 0 spiro atoms. The van der Waals surface area contributed by atoms with E-state index in [9.17, 15) is 9.59 Å². The highest BCUT2D eigenvalue weighted by atomic mass is 16.5. The lowest BCUT2D eigenvalue weighted by Crippen LogP contribution is -2.37. The van der Waals surface area contributed by atoms with Crippen LogP contribution in [-0.2, 0) is 19.1 Å². The molecule has 2 atom stereocenters. The highest BCUT2D eigenvalue weighted by molar-refractivity contribution is 5.99. The fourth-order valence-corrected chi connectivity index (χ4v) is 2.63. The molecule has 4 nitrogen and oxygen atoms in total. The van der Waals surface area contributed by atoms with Crippen molar-refractivity contribution in [1.29, 1.82) is 0 Å². The van der Waals surface area contributed by atoms with Gasteiger partial charge in [0.2, 0.25) is 0 Å². The zero-order valence-electron chi connectivity index (χ0n) is 12.5. The molecule has 0 aliphatic heterocycles. The van der Waals surface area contributed by atoms with Gasteiger partial charge in [-0.25, -0.2) is 0 Å². The van der Waals surface area contributed by atoms with E-state index in [0.29, 0.717) is 13.0 Å². The van der Waals surface area contributed by atoms with Gasteiger partial charge >= 0.3 is 5.97 Å². The van der Waals surface area contributed by atoms with Crippen LogP contribution in [0.5, 0.6) is 0 Å². The Labute approximate surface area is 115 Å². The second-order valence-electron chi connectivity index (χ2n) is 5.85. The fourth-order valence-electron chi connectivity index (χ4n) is 2.63. The molecule has 0 amide bonds. The second-order valence-corrected chi connectivity index (χ2v) is 5.85. The number of ether oxygens (including phenoxy) is 2. The van der Waals surface area contributed by atoms with Gasteiger partial charge in [-0.2, -0.15) is 0 Å². The summed E-state index contributed by atoms with van der Waals surface area (Å²) in [4.78, 5) is 23.9. The summed E-state index contributed by atoms with van der Waals surface area (Å²) in [6, 6.07) is 0. The third-order valence-corrected chi connectivity index (χ3v) is 4.03. The Morgan fingerprint density at radius 1 is 1.42 bits per heavy atom. The Kier molecular flexibility index (Phi) is 5.98. The minimum Gasteiger partial charge on any atom is -0.465 e. The molecule has 110 valence electrons. The molecular formula is C15H26O4. The molecule has 0 radical (unpaired) electrons. The van der Waals surface area contributed by atoms with E-state index in [0.717, 1.165) is 25.7 Å². The van der Waals surface area contributed by atoms with Crippen LogP contribution in [0, 0.1) is 11.8 Å². The molecule has 0 bridgehead atoms. The van der Waals surface area contributed by atoms with Crippen molar-refractivity contribution in [3.8, 4) is 0 Å². The normalized spacial score (nSPS) is 24.3. The van der Waals surface area contributed by atoms with Gasteiger partial charge in [-0.1, -0.05) is 0 Å². The fraction of sp³-hybridized carbons (Fsp3) is 0.867. The summed E-state index contributed by atoms with van der Waals surface area (Å²) in [5, 5.41) is 0. The summed E-state index contributed by atoms with van der Waals surface area (Å²) in [5.74, 6) is -0.742. The summed E-state index contributed by atoms with van der Waals surface area (Å²) >= 11 is 0. The molecule has 0 aromatic rings. The van der Waals surface area contributed by atoms with Crippen molar-refractivity contribution in [2.45, 2.75) is 58.5 Å². The Bertz CT molecular complexity index is 322. The van der Waals surface area contributed by atoms with Crippen LogP contribution in [0.4, 0.5) is 0 Å². The van der Waals surface area contributed by atoms with E-state index in [2.05, 4.69) is 0 Å². The molecule has 1 fully saturated rings. The Morgan fingerprint density at radius 2 is 2.11 bits per heavy atom. The van der Waals surface area contributed by atoms with Crippen LogP contribution in [0.25, 0.3) is 0 Å². The maximum Gasteiger partial charge on any atom is 0.316 e. The highest BCUT2D eigenvalue weighted by Gasteiger charge is 2.38. The number of Topliss-reactive ketones (excluding diaryl/α,β-unsaturated/α-hetero) is 1. The first kappa shape index (κ1) is 16.2. The first-order chi connectivity index (χ1) is 8.91. The molecule has 0 N–H and O–H groups in total. The van der Waals surface area contributed by atoms with Crippen molar-refractivity contribution in [2.75, 3.05) is 13.7 Å². The van der Waals surface area contributed by atoms with E-state index in [-0.39, 0.29) is 23.3 Å². The van der Waals surface area contributed by atoms with Crippen LogP contribution in [0.2, 0.25) is 0 Å². The number of esters is 1. The molecule has 1 saturated carbocycles. The van der Waals surface area contributed by atoms with E-state index in [1.165, 1.54) is 0 Å². The van der Waals surface area contributed by atoms with Gasteiger partial charge in [-0.15, -0.1) is 0 Å². The van der Waals surface area contributed by atoms with Crippen molar-refractivity contribution < 1.29 is 19.1 Å². The van der Waals surface area contributed by atoms with E-state index in [1.54, 1.807) is 14.0 Å². The molecule has 19 heavy (non-hydrogen) atoms. The van der Waals surface area contributed by atoms with Crippen molar-refractivity contribution in [2.24, 2.45) is 11.8 Å². The van der Waals surface area contributed by atoms with Gasteiger partial charge in [0, 0.05) is 13.5 Å².